The van der Waals surface area contributed by atoms with Gasteiger partial charge in [-0.1, -0.05) is 0 Å². The van der Waals surface area contributed by atoms with Gasteiger partial charge in [0, 0.05) is 17.6 Å². The van der Waals surface area contributed by atoms with E-state index in [1.165, 1.54) is 0 Å². The SMILES string of the molecule is N#Cc1nc2c3cccnc3c3[nH+]cccc3c2nc1C#N.O.O.[Cl-]. The van der Waals surface area contributed by atoms with Crippen LogP contribution in [0.3, 0.4) is 0 Å². The van der Waals surface area contributed by atoms with Crippen LogP contribution in [0.15, 0.2) is 36.7 Å². The Bertz CT molecular complexity index is 1070. The molecule has 3 heterocycles. The van der Waals surface area contributed by atoms with Crippen molar-refractivity contribution in [2.45, 2.75) is 0 Å². The lowest BCUT2D eigenvalue weighted by molar-refractivity contribution is -0.343. The van der Waals surface area contributed by atoms with Gasteiger partial charge in [-0.3, -0.25) is 0 Å². The maximum atomic E-state index is 9.17. The fourth-order valence-electron chi connectivity index (χ4n) is 2.59. The minimum atomic E-state index is 0. The predicted molar refractivity (Wildman–Crippen MR) is 85.6 cm³/mol. The number of hydrogen-bond donors (Lipinski definition) is 0. The zero-order valence-corrected chi connectivity index (χ0v) is 13.3. The largest absolute Gasteiger partial charge is 1.00 e. The van der Waals surface area contributed by atoms with Gasteiger partial charge in [-0.25, -0.2) is 19.9 Å². The van der Waals surface area contributed by atoms with Gasteiger partial charge in [0.15, 0.2) is 17.6 Å². The molecule has 0 saturated carbocycles. The lowest BCUT2D eigenvalue weighted by atomic mass is 10.1. The summed E-state index contributed by atoms with van der Waals surface area (Å²) in [6.07, 6.45) is 3.52. The third kappa shape index (κ3) is 2.77. The molecule has 0 aliphatic rings. The first-order valence-electron chi connectivity index (χ1n) is 6.52. The molecule has 0 bridgehead atoms. The summed E-state index contributed by atoms with van der Waals surface area (Å²) in [5.41, 5.74) is 2.80. The molecule has 0 aliphatic heterocycles. The van der Waals surface area contributed by atoms with Gasteiger partial charge in [0.25, 0.3) is 0 Å². The lowest BCUT2D eigenvalue weighted by Gasteiger charge is -2.05. The molecule has 8 nitrogen and oxygen atoms in total. The summed E-state index contributed by atoms with van der Waals surface area (Å²) in [6.45, 7) is 0. The molecule has 5 N–H and O–H groups in total. The number of nitriles is 2. The van der Waals surface area contributed by atoms with Gasteiger partial charge in [0.05, 0.1) is 5.39 Å². The first-order chi connectivity index (χ1) is 10.8. The quantitative estimate of drug-likeness (QED) is 0.312. The van der Waals surface area contributed by atoms with Crippen molar-refractivity contribution in [3.8, 4) is 12.1 Å². The minimum Gasteiger partial charge on any atom is -1.00 e. The second-order valence-corrected chi connectivity index (χ2v) is 4.70. The van der Waals surface area contributed by atoms with Gasteiger partial charge >= 0.3 is 0 Å². The number of nitrogens with zero attached hydrogens (tertiary/aromatic N) is 5. The number of nitrogens with one attached hydrogen (secondary N) is 1. The molecule has 0 unspecified atom stereocenters. The van der Waals surface area contributed by atoms with E-state index in [4.69, 9.17) is 5.26 Å². The zero-order chi connectivity index (χ0) is 15.1. The Hall–Kier alpha value is -3.43. The average Bonchev–Trinajstić information content (AvgIpc) is 2.60. The molecule has 0 saturated heterocycles. The summed E-state index contributed by atoms with van der Waals surface area (Å²) in [5.74, 6) is 0. The van der Waals surface area contributed by atoms with E-state index in [0.717, 1.165) is 21.8 Å². The first-order valence-corrected chi connectivity index (χ1v) is 6.52. The fourth-order valence-corrected chi connectivity index (χ4v) is 2.59. The average molecular weight is 355 g/mol. The van der Waals surface area contributed by atoms with E-state index in [0.29, 0.717) is 11.0 Å². The van der Waals surface area contributed by atoms with Crippen LogP contribution in [0.4, 0.5) is 0 Å². The number of fused-ring (bicyclic) bond motifs is 6. The Labute approximate surface area is 147 Å². The Morgan fingerprint density at radius 3 is 2.08 bits per heavy atom. The number of rotatable bonds is 0. The second kappa shape index (κ2) is 7.43. The normalized spacial score (nSPS) is 9.36. The lowest BCUT2D eigenvalue weighted by Crippen LogP contribution is -3.00. The molecule has 1 aromatic carbocycles. The molecule has 0 spiro atoms. The van der Waals surface area contributed by atoms with Crippen molar-refractivity contribution in [1.29, 1.82) is 10.5 Å². The predicted octanol–water partition coefficient (Wildman–Crippen LogP) is -2.76. The number of H-pyrrole nitrogens is 1. The van der Waals surface area contributed by atoms with Crippen molar-refractivity contribution in [2.24, 2.45) is 0 Å². The van der Waals surface area contributed by atoms with Crippen molar-refractivity contribution in [3.63, 3.8) is 0 Å². The topological polar surface area (TPSA) is 163 Å². The van der Waals surface area contributed by atoms with Gasteiger partial charge in [-0.05, 0) is 18.2 Å². The van der Waals surface area contributed by atoms with Crippen LogP contribution in [0.2, 0.25) is 0 Å². The number of aromatic amines is 1. The highest BCUT2D eigenvalue weighted by molar-refractivity contribution is 6.19. The van der Waals surface area contributed by atoms with E-state index in [2.05, 4.69) is 19.9 Å². The van der Waals surface area contributed by atoms with E-state index in [1.807, 2.05) is 42.6 Å². The smallest absolute Gasteiger partial charge is 0.239 e. The third-order valence-corrected chi connectivity index (χ3v) is 3.52. The third-order valence-electron chi connectivity index (χ3n) is 3.52. The van der Waals surface area contributed by atoms with Gasteiger partial charge in [-0.2, -0.15) is 10.5 Å². The molecule has 4 rings (SSSR count). The zero-order valence-electron chi connectivity index (χ0n) is 12.6. The standard InChI is InChI=1S/C16H6N6.ClH.2H2O/c17-7-11-12(8-18)22-16-10-4-2-6-20-14(10)13-9(15(16)21-11)3-1-5-19-13;;;/h1-6H;1H;2*1H2. The Kier molecular flexibility index (Phi) is 5.83. The van der Waals surface area contributed by atoms with Crippen LogP contribution in [0.1, 0.15) is 11.4 Å². The van der Waals surface area contributed by atoms with E-state index in [1.54, 1.807) is 6.20 Å². The summed E-state index contributed by atoms with van der Waals surface area (Å²) >= 11 is 0. The van der Waals surface area contributed by atoms with Gasteiger partial charge in [-0.15, -0.1) is 0 Å². The molecular formula is C16H11ClN6O2. The summed E-state index contributed by atoms with van der Waals surface area (Å²) in [4.78, 5) is 16.3. The van der Waals surface area contributed by atoms with Gasteiger partial charge < -0.3 is 23.4 Å². The van der Waals surface area contributed by atoms with Crippen molar-refractivity contribution >= 4 is 32.8 Å². The highest BCUT2D eigenvalue weighted by Gasteiger charge is 2.18. The summed E-state index contributed by atoms with van der Waals surface area (Å²) < 4.78 is 0. The van der Waals surface area contributed by atoms with Crippen molar-refractivity contribution in [2.75, 3.05) is 0 Å². The highest BCUT2D eigenvalue weighted by atomic mass is 35.5. The molecule has 9 heteroatoms. The van der Waals surface area contributed by atoms with Crippen LogP contribution in [0.25, 0.3) is 32.8 Å². The molecule has 0 atom stereocenters. The molecule has 0 fully saturated rings. The summed E-state index contributed by atoms with van der Waals surface area (Å²) in [5, 5.41) is 19.9. The van der Waals surface area contributed by atoms with Crippen LogP contribution in [-0.4, -0.2) is 25.9 Å². The van der Waals surface area contributed by atoms with E-state index in [-0.39, 0.29) is 34.7 Å². The number of halogens is 1. The maximum absolute atomic E-state index is 9.17. The van der Waals surface area contributed by atoms with E-state index >= 15 is 0 Å². The van der Waals surface area contributed by atoms with Crippen LogP contribution < -0.4 is 17.4 Å². The molecule has 0 amide bonds. The monoisotopic (exact) mass is 354 g/mol. The van der Waals surface area contributed by atoms with Gasteiger partial charge in [0.2, 0.25) is 5.52 Å². The van der Waals surface area contributed by atoms with Crippen LogP contribution in [-0.2, 0) is 0 Å². The molecule has 0 aliphatic carbocycles. The van der Waals surface area contributed by atoms with Crippen molar-refractivity contribution in [3.05, 3.63) is 48.0 Å². The van der Waals surface area contributed by atoms with E-state index < -0.39 is 0 Å². The molecule has 0 radical (unpaired) electrons. The Morgan fingerprint density at radius 1 is 0.840 bits per heavy atom. The molecule has 4 aromatic rings. The van der Waals surface area contributed by atoms with Crippen molar-refractivity contribution in [1.82, 2.24) is 15.0 Å². The summed E-state index contributed by atoms with van der Waals surface area (Å²) in [6, 6.07) is 11.3. The number of pyridine rings is 2. The maximum Gasteiger partial charge on any atom is 0.239 e. The fraction of sp³-hybridized carbons (Fsp3) is 0. The Balaban J connectivity index is 0.00000104. The number of benzene rings is 1. The first kappa shape index (κ1) is 19.6. The molecule has 3 aromatic heterocycles. The number of hydrogen-bond acceptors (Lipinski definition) is 5. The van der Waals surface area contributed by atoms with Gasteiger partial charge in [0.1, 0.15) is 28.7 Å². The van der Waals surface area contributed by atoms with Crippen LogP contribution >= 0.6 is 0 Å². The van der Waals surface area contributed by atoms with Crippen LogP contribution in [0.5, 0.6) is 0 Å². The molecular weight excluding hydrogens is 344 g/mol. The minimum absolute atomic E-state index is 0. The summed E-state index contributed by atoms with van der Waals surface area (Å²) in [7, 11) is 0. The number of aromatic nitrogens is 4. The van der Waals surface area contributed by atoms with E-state index in [9.17, 15) is 5.26 Å². The Morgan fingerprint density at radius 2 is 1.44 bits per heavy atom. The molecule has 25 heavy (non-hydrogen) atoms. The highest BCUT2D eigenvalue weighted by Crippen LogP contribution is 2.29. The van der Waals surface area contributed by atoms with Crippen molar-refractivity contribution < 1.29 is 28.3 Å². The molecule has 124 valence electrons. The second-order valence-electron chi connectivity index (χ2n) is 4.70. The van der Waals surface area contributed by atoms with Crippen LogP contribution in [0, 0.1) is 22.7 Å².